The Morgan fingerprint density at radius 3 is 2.67 bits per heavy atom. The molecule has 0 saturated carbocycles. The van der Waals surface area contributed by atoms with Gasteiger partial charge in [-0.25, -0.2) is 4.72 Å². The first-order chi connectivity index (χ1) is 4.16. The molecule has 0 aromatic carbocycles. The summed E-state index contributed by atoms with van der Waals surface area (Å²) in [6, 6.07) is 0. The molecule has 0 radical (unpaired) electrons. The van der Waals surface area contributed by atoms with Crippen LogP contribution in [0.2, 0.25) is 0 Å². The fourth-order valence-corrected chi connectivity index (χ4v) is 0.394. The minimum absolute atomic E-state index is 0.570. The highest BCUT2D eigenvalue weighted by Crippen LogP contribution is 1.69. The monoisotopic (exact) mass is 151 g/mol. The number of hydrogen-bond donors (Lipinski definition) is 1. The third-order valence-electron chi connectivity index (χ3n) is 0.443. The van der Waals surface area contributed by atoms with Gasteiger partial charge in [0, 0.05) is 16.4 Å². The Hall–Kier alpha value is -0.660. The van der Waals surface area contributed by atoms with Gasteiger partial charge in [0.15, 0.2) is 0 Å². The van der Waals surface area contributed by atoms with Crippen molar-refractivity contribution in [2.75, 3.05) is 6.54 Å². The van der Waals surface area contributed by atoms with Gasteiger partial charge in [-0.3, -0.25) is 9.00 Å². The predicted octanol–water partition coefficient (Wildman–Crippen LogP) is -1.34. The highest BCUT2D eigenvalue weighted by molar-refractivity contribution is 7.77. The number of amides is 1. The molecule has 1 N–H and O–H groups in total. The smallest absolute Gasteiger partial charge is 0.300 e. The molecule has 1 unspecified atom stereocenters. The van der Waals surface area contributed by atoms with Gasteiger partial charge in [-0.1, -0.05) is 0 Å². The molecule has 0 aliphatic rings. The number of nitrogens with zero attached hydrogens (tertiary/aromatic N) is 1. The van der Waals surface area contributed by atoms with Gasteiger partial charge < -0.3 is 4.55 Å². The maximum atomic E-state index is 9.90. The van der Waals surface area contributed by atoms with Crippen molar-refractivity contribution in [3.8, 4) is 0 Å². The summed E-state index contributed by atoms with van der Waals surface area (Å²) in [5.74, 6) is -1.04. The molecule has 9 heavy (non-hydrogen) atoms. The van der Waals surface area contributed by atoms with Crippen LogP contribution in [0, 0.1) is 4.91 Å². The van der Waals surface area contributed by atoms with Gasteiger partial charge in [0.05, 0.1) is 6.54 Å². The lowest BCUT2D eigenvalue weighted by Gasteiger charge is -2.01. The van der Waals surface area contributed by atoms with E-state index in [-0.39, 0.29) is 0 Å². The van der Waals surface area contributed by atoms with Crippen molar-refractivity contribution in [3.63, 3.8) is 0 Å². The van der Waals surface area contributed by atoms with Crippen LogP contribution in [0.3, 0.4) is 0 Å². The van der Waals surface area contributed by atoms with Crippen molar-refractivity contribution < 1.29 is 13.6 Å². The van der Waals surface area contributed by atoms with Gasteiger partial charge in [-0.15, -0.1) is 4.91 Å². The van der Waals surface area contributed by atoms with Crippen LogP contribution in [0.25, 0.3) is 0 Å². The summed E-state index contributed by atoms with van der Waals surface area (Å²) in [6.45, 7) is -0.570. The number of nitrogens with one attached hydrogen (secondary N) is 1. The Morgan fingerprint density at radius 1 is 1.78 bits per heavy atom. The van der Waals surface area contributed by atoms with Gasteiger partial charge in [0.2, 0.25) is 0 Å². The fraction of sp³-hybridized carbons (Fsp3) is 0.500. The van der Waals surface area contributed by atoms with Crippen molar-refractivity contribution in [3.05, 3.63) is 4.91 Å². The summed E-state index contributed by atoms with van der Waals surface area (Å²) >= 11 is -2.51. The van der Waals surface area contributed by atoms with E-state index < -0.39 is 23.7 Å². The van der Waals surface area contributed by atoms with E-state index in [9.17, 15) is 18.5 Å². The molecule has 0 aliphatic carbocycles. The standard InChI is InChI=1S/C2H4N2O4S/c5-2(4-6)1-3-9(7)8/h3H,1H2,(H,7,8)/p-1. The summed E-state index contributed by atoms with van der Waals surface area (Å²) in [5, 5.41) is 1.94. The highest BCUT2D eigenvalue weighted by Gasteiger charge is 1.96. The fourth-order valence-electron chi connectivity index (χ4n) is 0.153. The van der Waals surface area contributed by atoms with Crippen LogP contribution in [0.15, 0.2) is 5.18 Å². The van der Waals surface area contributed by atoms with E-state index in [4.69, 9.17) is 0 Å². The van der Waals surface area contributed by atoms with E-state index >= 15 is 0 Å². The minimum Gasteiger partial charge on any atom is -0.760 e. The van der Waals surface area contributed by atoms with Crippen molar-refractivity contribution >= 4 is 17.2 Å². The molecule has 0 bridgehead atoms. The lowest BCUT2D eigenvalue weighted by atomic mass is 10.7. The van der Waals surface area contributed by atoms with Gasteiger partial charge in [-0.2, -0.15) is 0 Å². The topological polar surface area (TPSA) is 98.7 Å². The number of carbonyl (C=O) groups is 1. The zero-order chi connectivity index (χ0) is 7.28. The molecule has 0 heterocycles. The van der Waals surface area contributed by atoms with Crippen LogP contribution >= 0.6 is 0 Å². The number of rotatable bonds is 3. The second kappa shape index (κ2) is 4.24. The third-order valence-corrected chi connectivity index (χ3v) is 0.823. The molecule has 0 rings (SSSR count). The van der Waals surface area contributed by atoms with Crippen molar-refractivity contribution in [1.29, 1.82) is 0 Å². The molecule has 0 aliphatic heterocycles. The third kappa shape index (κ3) is 5.21. The van der Waals surface area contributed by atoms with Gasteiger partial charge in [0.1, 0.15) is 0 Å². The van der Waals surface area contributed by atoms with Crippen LogP contribution in [0.1, 0.15) is 0 Å². The maximum absolute atomic E-state index is 9.90. The number of nitroso groups, excluding NO2 is 1. The van der Waals surface area contributed by atoms with E-state index in [0.29, 0.717) is 0 Å². The van der Waals surface area contributed by atoms with Crippen LogP contribution in [-0.4, -0.2) is 21.2 Å². The largest absolute Gasteiger partial charge is 0.760 e. The molecule has 1 amide bonds. The quantitative estimate of drug-likeness (QED) is 0.398. The Labute approximate surface area is 53.0 Å². The van der Waals surface area contributed by atoms with Crippen molar-refractivity contribution in [2.24, 2.45) is 5.18 Å². The summed E-state index contributed by atoms with van der Waals surface area (Å²) < 4.78 is 20.9. The predicted molar refractivity (Wildman–Crippen MR) is 27.7 cm³/mol. The van der Waals surface area contributed by atoms with Gasteiger partial charge >= 0.3 is 5.91 Å². The van der Waals surface area contributed by atoms with E-state index in [1.807, 2.05) is 5.18 Å². The molecule has 0 saturated heterocycles. The SMILES string of the molecule is O=NC(=O)CNS(=O)[O-]. The summed E-state index contributed by atoms with van der Waals surface area (Å²) in [6.07, 6.45) is 0. The average molecular weight is 151 g/mol. The van der Waals surface area contributed by atoms with Crippen LogP contribution in [-0.2, 0) is 16.1 Å². The average Bonchev–Trinajstić information content (AvgIpc) is 1.83. The number of hydrogen-bond acceptors (Lipinski definition) is 4. The summed E-state index contributed by atoms with van der Waals surface area (Å²) in [5.41, 5.74) is 0. The molecule has 7 heteroatoms. The second-order valence-corrected chi connectivity index (χ2v) is 1.80. The normalized spacial score (nSPS) is 12.6. The lowest BCUT2D eigenvalue weighted by molar-refractivity contribution is -0.116. The Kier molecular flexibility index (Phi) is 3.93. The molecule has 6 nitrogen and oxygen atoms in total. The first kappa shape index (κ1) is 8.34. The molecular weight excluding hydrogens is 148 g/mol. The van der Waals surface area contributed by atoms with E-state index in [1.165, 1.54) is 0 Å². The second-order valence-electron chi connectivity index (χ2n) is 1.04. The number of carbonyl (C=O) groups excluding carboxylic acids is 1. The Morgan fingerprint density at radius 2 is 2.33 bits per heavy atom. The summed E-state index contributed by atoms with van der Waals surface area (Å²) in [4.78, 5) is 19.2. The molecular formula is C2H3N2O4S-. The van der Waals surface area contributed by atoms with E-state index in [0.717, 1.165) is 0 Å². The van der Waals surface area contributed by atoms with E-state index in [1.54, 1.807) is 4.72 Å². The first-order valence-corrected chi connectivity index (χ1v) is 2.93. The molecule has 0 aromatic rings. The highest BCUT2D eigenvalue weighted by atomic mass is 32.2. The minimum atomic E-state index is -2.51. The maximum Gasteiger partial charge on any atom is 0.300 e. The molecule has 0 spiro atoms. The molecule has 1 atom stereocenters. The van der Waals surface area contributed by atoms with Gasteiger partial charge in [0.25, 0.3) is 0 Å². The zero-order valence-electron chi connectivity index (χ0n) is 4.20. The Balaban J connectivity index is 3.39. The van der Waals surface area contributed by atoms with E-state index in [2.05, 4.69) is 0 Å². The molecule has 0 fully saturated rings. The molecule has 0 aromatic heterocycles. The van der Waals surface area contributed by atoms with Crippen LogP contribution in [0.4, 0.5) is 0 Å². The van der Waals surface area contributed by atoms with Crippen molar-refractivity contribution in [1.82, 2.24) is 4.72 Å². The van der Waals surface area contributed by atoms with Gasteiger partial charge in [-0.05, 0) is 0 Å². The Bertz CT molecular complexity index is 146. The van der Waals surface area contributed by atoms with Crippen molar-refractivity contribution in [2.45, 2.75) is 0 Å². The van der Waals surface area contributed by atoms with Crippen LogP contribution < -0.4 is 4.72 Å². The molecule has 52 valence electrons. The lowest BCUT2D eigenvalue weighted by Crippen LogP contribution is -2.23. The zero-order valence-corrected chi connectivity index (χ0v) is 5.01. The first-order valence-electron chi connectivity index (χ1n) is 1.85. The van der Waals surface area contributed by atoms with Crippen LogP contribution in [0.5, 0.6) is 0 Å². The summed E-state index contributed by atoms with van der Waals surface area (Å²) in [7, 11) is 0.